The molecule has 0 amide bonds. The zero-order valence-corrected chi connectivity index (χ0v) is 9.18. The Morgan fingerprint density at radius 3 is 2.94 bits per heavy atom. The minimum atomic E-state index is -0.582. The minimum absolute atomic E-state index is 0.452. The number of hydrogen-bond acceptors (Lipinski definition) is 4. The maximum atomic E-state index is 11.4. The molecule has 0 spiro atoms. The lowest BCUT2D eigenvalue weighted by atomic mass is 10.3. The van der Waals surface area contributed by atoms with Crippen LogP contribution in [0.2, 0.25) is 5.02 Å². The van der Waals surface area contributed by atoms with E-state index in [1.807, 2.05) is 0 Å². The van der Waals surface area contributed by atoms with E-state index < -0.39 is 6.09 Å². The van der Waals surface area contributed by atoms with Gasteiger partial charge in [0, 0.05) is 6.20 Å². The number of rotatable bonds is 1. The highest BCUT2D eigenvalue weighted by molar-refractivity contribution is 6.32. The standard InChI is InChI=1S/C10H8ClN3O2/c1-16-10(15)14-8(4-6-13-14)9-7(11)3-2-5-12-9/h2-6H,1H3. The number of pyridine rings is 1. The summed E-state index contributed by atoms with van der Waals surface area (Å²) in [5, 5.41) is 4.30. The zero-order chi connectivity index (χ0) is 11.5. The van der Waals surface area contributed by atoms with Crippen LogP contribution in [0.5, 0.6) is 0 Å². The van der Waals surface area contributed by atoms with Crippen LogP contribution in [0.25, 0.3) is 11.4 Å². The summed E-state index contributed by atoms with van der Waals surface area (Å²) in [6.07, 6.45) is 2.49. The van der Waals surface area contributed by atoms with Crippen LogP contribution in [-0.4, -0.2) is 28.0 Å². The van der Waals surface area contributed by atoms with E-state index in [-0.39, 0.29) is 0 Å². The van der Waals surface area contributed by atoms with Crippen LogP contribution in [0.15, 0.2) is 30.6 Å². The lowest BCUT2D eigenvalue weighted by molar-refractivity contribution is 0.169. The SMILES string of the molecule is COC(=O)n1nccc1-c1ncccc1Cl. The molecule has 0 aromatic carbocycles. The molecule has 2 aromatic heterocycles. The van der Waals surface area contributed by atoms with Gasteiger partial charge in [0.2, 0.25) is 0 Å². The summed E-state index contributed by atoms with van der Waals surface area (Å²) in [6.45, 7) is 0. The third-order valence-corrected chi connectivity index (χ3v) is 2.30. The van der Waals surface area contributed by atoms with Crippen LogP contribution in [0.1, 0.15) is 0 Å². The first-order valence-electron chi connectivity index (χ1n) is 4.47. The Bertz CT molecular complexity index is 524. The van der Waals surface area contributed by atoms with Crippen LogP contribution < -0.4 is 0 Å². The normalized spacial score (nSPS) is 10.1. The van der Waals surface area contributed by atoms with E-state index in [0.717, 1.165) is 4.68 Å². The average molecular weight is 238 g/mol. The molecule has 0 aliphatic rings. The summed E-state index contributed by atoms with van der Waals surface area (Å²) < 4.78 is 5.69. The van der Waals surface area contributed by atoms with Gasteiger partial charge in [0.15, 0.2) is 0 Å². The highest BCUT2D eigenvalue weighted by Gasteiger charge is 2.15. The second-order valence-corrected chi connectivity index (χ2v) is 3.34. The van der Waals surface area contributed by atoms with Gasteiger partial charge in [0.05, 0.1) is 18.3 Å². The third kappa shape index (κ3) is 1.77. The Kier molecular flexibility index (Phi) is 2.87. The van der Waals surface area contributed by atoms with E-state index in [9.17, 15) is 4.79 Å². The topological polar surface area (TPSA) is 57.0 Å². The van der Waals surface area contributed by atoms with Gasteiger partial charge in [-0.2, -0.15) is 9.78 Å². The summed E-state index contributed by atoms with van der Waals surface area (Å²) in [4.78, 5) is 15.5. The fraction of sp³-hybridized carbons (Fsp3) is 0.100. The van der Waals surface area contributed by atoms with Crippen molar-refractivity contribution in [2.45, 2.75) is 0 Å². The second kappa shape index (κ2) is 4.32. The molecule has 0 N–H and O–H groups in total. The molecule has 0 aliphatic heterocycles. The molecule has 0 saturated heterocycles. The van der Waals surface area contributed by atoms with E-state index in [1.165, 1.54) is 13.3 Å². The van der Waals surface area contributed by atoms with Crippen molar-refractivity contribution in [2.24, 2.45) is 0 Å². The van der Waals surface area contributed by atoms with Crippen molar-refractivity contribution >= 4 is 17.7 Å². The third-order valence-electron chi connectivity index (χ3n) is 1.99. The largest absolute Gasteiger partial charge is 0.451 e. The van der Waals surface area contributed by atoms with Gasteiger partial charge in [-0.15, -0.1) is 0 Å². The monoisotopic (exact) mass is 237 g/mol. The molecule has 0 saturated carbocycles. The van der Waals surface area contributed by atoms with Crippen molar-refractivity contribution in [2.75, 3.05) is 7.11 Å². The molecule has 0 aliphatic carbocycles. The fourth-order valence-electron chi connectivity index (χ4n) is 1.29. The van der Waals surface area contributed by atoms with Gasteiger partial charge in [-0.25, -0.2) is 4.79 Å². The number of carbonyl (C=O) groups is 1. The Hall–Kier alpha value is -1.88. The van der Waals surface area contributed by atoms with Gasteiger partial charge in [-0.1, -0.05) is 11.6 Å². The van der Waals surface area contributed by atoms with Crippen LogP contribution in [0, 0.1) is 0 Å². The summed E-state index contributed by atoms with van der Waals surface area (Å²) in [5.74, 6) is 0. The number of halogens is 1. The smallest absolute Gasteiger partial charge is 0.435 e. The molecular weight excluding hydrogens is 230 g/mol. The van der Waals surface area contributed by atoms with Gasteiger partial charge in [-0.05, 0) is 18.2 Å². The van der Waals surface area contributed by atoms with Gasteiger partial charge in [0.25, 0.3) is 0 Å². The first-order valence-corrected chi connectivity index (χ1v) is 4.85. The van der Waals surface area contributed by atoms with Crippen molar-refractivity contribution in [3.8, 4) is 11.4 Å². The van der Waals surface area contributed by atoms with Crippen molar-refractivity contribution in [1.29, 1.82) is 0 Å². The van der Waals surface area contributed by atoms with Crippen molar-refractivity contribution in [3.63, 3.8) is 0 Å². The molecule has 16 heavy (non-hydrogen) atoms. The van der Waals surface area contributed by atoms with E-state index in [1.54, 1.807) is 24.4 Å². The van der Waals surface area contributed by atoms with Crippen molar-refractivity contribution < 1.29 is 9.53 Å². The maximum absolute atomic E-state index is 11.4. The number of aromatic nitrogens is 3. The number of hydrogen-bond donors (Lipinski definition) is 0. The Labute approximate surface area is 96.6 Å². The second-order valence-electron chi connectivity index (χ2n) is 2.93. The number of methoxy groups -OCH3 is 1. The number of ether oxygens (including phenoxy) is 1. The molecule has 2 aromatic rings. The lowest BCUT2D eigenvalue weighted by Crippen LogP contribution is -2.14. The summed E-state index contributed by atoms with van der Waals surface area (Å²) in [6, 6.07) is 5.05. The summed E-state index contributed by atoms with van der Waals surface area (Å²) in [7, 11) is 1.29. The molecule has 82 valence electrons. The Morgan fingerprint density at radius 1 is 1.44 bits per heavy atom. The first kappa shape index (κ1) is 10.6. The molecule has 0 radical (unpaired) electrons. The molecule has 6 heteroatoms. The molecule has 0 fully saturated rings. The lowest BCUT2D eigenvalue weighted by Gasteiger charge is -2.05. The zero-order valence-electron chi connectivity index (χ0n) is 8.42. The van der Waals surface area contributed by atoms with E-state index in [2.05, 4.69) is 14.8 Å². The summed E-state index contributed by atoms with van der Waals surface area (Å²) >= 11 is 5.98. The van der Waals surface area contributed by atoms with Crippen molar-refractivity contribution in [3.05, 3.63) is 35.6 Å². The molecule has 0 atom stereocenters. The van der Waals surface area contributed by atoms with Gasteiger partial charge in [0.1, 0.15) is 11.4 Å². The van der Waals surface area contributed by atoms with Crippen LogP contribution in [0.3, 0.4) is 0 Å². The minimum Gasteiger partial charge on any atom is -0.451 e. The highest BCUT2D eigenvalue weighted by atomic mass is 35.5. The molecule has 0 bridgehead atoms. The highest BCUT2D eigenvalue weighted by Crippen LogP contribution is 2.24. The predicted molar refractivity (Wildman–Crippen MR) is 58.3 cm³/mol. The van der Waals surface area contributed by atoms with E-state index >= 15 is 0 Å². The molecule has 2 rings (SSSR count). The van der Waals surface area contributed by atoms with Gasteiger partial charge in [-0.3, -0.25) is 4.98 Å². The van der Waals surface area contributed by atoms with Crippen LogP contribution in [0.4, 0.5) is 4.79 Å². The molecular formula is C10H8ClN3O2. The first-order chi connectivity index (χ1) is 7.74. The van der Waals surface area contributed by atoms with Crippen molar-refractivity contribution in [1.82, 2.24) is 14.8 Å². The van der Waals surface area contributed by atoms with Gasteiger partial charge >= 0.3 is 6.09 Å². The predicted octanol–water partition coefficient (Wildman–Crippen LogP) is 2.21. The molecule has 0 unspecified atom stereocenters. The van der Waals surface area contributed by atoms with E-state index in [0.29, 0.717) is 16.4 Å². The maximum Gasteiger partial charge on any atom is 0.435 e. The number of carbonyl (C=O) groups excluding carboxylic acids is 1. The quantitative estimate of drug-likeness (QED) is 0.763. The van der Waals surface area contributed by atoms with Crippen LogP contribution in [-0.2, 0) is 4.74 Å². The fourth-order valence-corrected chi connectivity index (χ4v) is 1.51. The summed E-state index contributed by atoms with van der Waals surface area (Å²) in [5.41, 5.74) is 0.990. The molecule has 5 nitrogen and oxygen atoms in total. The molecule has 2 heterocycles. The van der Waals surface area contributed by atoms with Crippen LogP contribution >= 0.6 is 11.6 Å². The average Bonchev–Trinajstić information content (AvgIpc) is 2.77. The van der Waals surface area contributed by atoms with E-state index in [4.69, 9.17) is 11.6 Å². The number of nitrogens with zero attached hydrogens (tertiary/aromatic N) is 3. The Balaban J connectivity index is 2.53. The van der Waals surface area contributed by atoms with Gasteiger partial charge < -0.3 is 4.74 Å². The Morgan fingerprint density at radius 2 is 2.25 bits per heavy atom.